The van der Waals surface area contributed by atoms with Gasteiger partial charge < -0.3 is 10.1 Å². The quantitative estimate of drug-likeness (QED) is 0.503. The van der Waals surface area contributed by atoms with Crippen LogP contribution in [0.2, 0.25) is 0 Å². The van der Waals surface area contributed by atoms with Gasteiger partial charge in [0.2, 0.25) is 5.91 Å². The third-order valence-electron chi connectivity index (χ3n) is 2.26. The number of esters is 1. The van der Waals surface area contributed by atoms with Gasteiger partial charge in [-0.15, -0.1) is 0 Å². The van der Waals surface area contributed by atoms with Crippen molar-refractivity contribution in [2.45, 2.75) is 39.7 Å². The van der Waals surface area contributed by atoms with Gasteiger partial charge in [-0.25, -0.2) is 0 Å². The van der Waals surface area contributed by atoms with E-state index in [0.717, 1.165) is 0 Å². The average molecular weight is 199 g/mol. The minimum Gasteiger partial charge on any atom is -0.459 e. The number of hydrogen-bond acceptors (Lipinski definition) is 3. The van der Waals surface area contributed by atoms with Crippen LogP contribution in [0.3, 0.4) is 0 Å². The zero-order valence-corrected chi connectivity index (χ0v) is 9.14. The van der Waals surface area contributed by atoms with Crippen molar-refractivity contribution in [2.75, 3.05) is 6.54 Å². The average Bonchev–Trinajstić information content (AvgIpc) is 2.30. The Morgan fingerprint density at radius 3 is 2.43 bits per heavy atom. The zero-order chi connectivity index (χ0) is 11.0. The Bertz CT molecular complexity index is 267. The van der Waals surface area contributed by atoms with Gasteiger partial charge in [-0.1, -0.05) is 0 Å². The van der Waals surface area contributed by atoms with Gasteiger partial charge in [-0.05, 0) is 34.1 Å². The van der Waals surface area contributed by atoms with Crippen LogP contribution in [0.15, 0.2) is 0 Å². The summed E-state index contributed by atoms with van der Waals surface area (Å²) >= 11 is 0. The molecule has 0 aromatic rings. The molecule has 1 rings (SSSR count). The number of carbonyl (C=O) groups excluding carboxylic acids is 2. The van der Waals surface area contributed by atoms with Gasteiger partial charge in [-0.2, -0.15) is 0 Å². The normalized spacial score (nSPS) is 27.3. The van der Waals surface area contributed by atoms with Crippen LogP contribution in [-0.2, 0) is 14.3 Å². The van der Waals surface area contributed by atoms with Gasteiger partial charge in [0.05, 0.1) is 0 Å². The topological polar surface area (TPSA) is 55.4 Å². The molecule has 1 amide bonds. The molecule has 0 unspecified atom stereocenters. The van der Waals surface area contributed by atoms with Crippen LogP contribution in [0.1, 0.15) is 34.1 Å². The molecule has 0 spiro atoms. The van der Waals surface area contributed by atoms with Gasteiger partial charge in [0.1, 0.15) is 11.0 Å². The summed E-state index contributed by atoms with van der Waals surface area (Å²) in [5, 5.41) is 2.64. The maximum atomic E-state index is 11.7. The Morgan fingerprint density at radius 1 is 1.50 bits per heavy atom. The highest BCUT2D eigenvalue weighted by Crippen LogP contribution is 2.29. The number of amides is 1. The van der Waals surface area contributed by atoms with Crippen molar-refractivity contribution in [3.63, 3.8) is 0 Å². The number of ether oxygens (including phenoxy) is 1. The van der Waals surface area contributed by atoms with E-state index in [1.165, 1.54) is 0 Å². The maximum Gasteiger partial charge on any atom is 0.321 e. The first-order valence-electron chi connectivity index (χ1n) is 4.77. The van der Waals surface area contributed by atoms with E-state index in [9.17, 15) is 9.59 Å². The highest BCUT2D eigenvalue weighted by atomic mass is 16.6. The summed E-state index contributed by atoms with van der Waals surface area (Å²) in [5.74, 6) is -0.660. The van der Waals surface area contributed by atoms with Crippen LogP contribution in [0.4, 0.5) is 0 Å². The zero-order valence-electron chi connectivity index (χ0n) is 9.14. The third-order valence-corrected chi connectivity index (χ3v) is 2.26. The Hall–Kier alpha value is -1.06. The van der Waals surface area contributed by atoms with Crippen LogP contribution in [0.5, 0.6) is 0 Å². The second-order valence-corrected chi connectivity index (χ2v) is 4.84. The lowest BCUT2D eigenvalue weighted by atomic mass is 9.89. The van der Waals surface area contributed by atoms with Crippen molar-refractivity contribution in [1.82, 2.24) is 5.32 Å². The summed E-state index contributed by atoms with van der Waals surface area (Å²) in [6.07, 6.45) is 0.515. The molecule has 1 heterocycles. The second kappa shape index (κ2) is 3.26. The van der Waals surface area contributed by atoms with E-state index in [0.29, 0.717) is 13.0 Å². The van der Waals surface area contributed by atoms with Crippen molar-refractivity contribution in [1.29, 1.82) is 0 Å². The van der Waals surface area contributed by atoms with Crippen molar-refractivity contribution < 1.29 is 14.3 Å². The van der Waals surface area contributed by atoms with Crippen LogP contribution >= 0.6 is 0 Å². The molecule has 1 fully saturated rings. The molecule has 1 aliphatic rings. The first-order valence-corrected chi connectivity index (χ1v) is 4.77. The molecule has 1 aliphatic heterocycles. The van der Waals surface area contributed by atoms with Gasteiger partial charge in [0.15, 0.2) is 0 Å². The fraction of sp³-hybridized carbons (Fsp3) is 0.800. The molecule has 0 aromatic carbocycles. The number of carbonyl (C=O) groups is 2. The van der Waals surface area contributed by atoms with Crippen LogP contribution < -0.4 is 5.32 Å². The van der Waals surface area contributed by atoms with Gasteiger partial charge in [0.25, 0.3) is 0 Å². The lowest BCUT2D eigenvalue weighted by Crippen LogP contribution is -2.40. The van der Waals surface area contributed by atoms with E-state index in [1.807, 2.05) is 0 Å². The Labute approximate surface area is 84.0 Å². The fourth-order valence-corrected chi connectivity index (χ4v) is 1.32. The SMILES string of the molecule is CC(C)(C)OC(=O)[C@@]1(C)CCNC1=O. The Morgan fingerprint density at radius 2 is 2.07 bits per heavy atom. The van der Waals surface area contributed by atoms with Crippen LogP contribution in [-0.4, -0.2) is 24.0 Å². The fourth-order valence-electron chi connectivity index (χ4n) is 1.32. The lowest BCUT2D eigenvalue weighted by molar-refractivity contribution is -0.168. The highest BCUT2D eigenvalue weighted by molar-refractivity contribution is 6.03. The predicted octanol–water partition coefficient (Wildman–Crippen LogP) is 0.854. The molecular formula is C10H17NO3. The van der Waals surface area contributed by atoms with E-state index < -0.39 is 17.0 Å². The lowest BCUT2D eigenvalue weighted by Gasteiger charge is -2.26. The molecule has 1 atom stereocenters. The van der Waals surface area contributed by atoms with E-state index in [1.54, 1.807) is 27.7 Å². The van der Waals surface area contributed by atoms with E-state index in [4.69, 9.17) is 4.74 Å². The molecule has 0 bridgehead atoms. The summed E-state index contributed by atoms with van der Waals surface area (Å²) in [4.78, 5) is 23.1. The minimum atomic E-state index is -0.993. The van der Waals surface area contributed by atoms with Crippen LogP contribution in [0.25, 0.3) is 0 Å². The molecule has 4 nitrogen and oxygen atoms in total. The first kappa shape index (κ1) is 11.0. The first-order chi connectivity index (χ1) is 6.26. The molecule has 0 saturated carbocycles. The maximum absolute atomic E-state index is 11.7. The standard InChI is InChI=1S/C10H17NO3/c1-9(2,3)14-8(13)10(4)5-6-11-7(10)12/h5-6H2,1-4H3,(H,11,12)/t10-/m0/s1. The molecule has 0 aromatic heterocycles. The largest absolute Gasteiger partial charge is 0.459 e. The number of rotatable bonds is 1. The van der Waals surface area contributed by atoms with Gasteiger partial charge >= 0.3 is 5.97 Å². The number of hydrogen-bond donors (Lipinski definition) is 1. The summed E-state index contributed by atoms with van der Waals surface area (Å²) in [6, 6.07) is 0. The van der Waals surface area contributed by atoms with Crippen molar-refractivity contribution in [3.05, 3.63) is 0 Å². The molecule has 1 saturated heterocycles. The monoisotopic (exact) mass is 199 g/mol. The van der Waals surface area contributed by atoms with Crippen molar-refractivity contribution in [2.24, 2.45) is 5.41 Å². The van der Waals surface area contributed by atoms with Crippen molar-refractivity contribution >= 4 is 11.9 Å². The van der Waals surface area contributed by atoms with Gasteiger partial charge in [-0.3, -0.25) is 9.59 Å². The highest BCUT2D eigenvalue weighted by Gasteiger charge is 2.47. The third kappa shape index (κ3) is 2.05. The van der Waals surface area contributed by atoms with Crippen LogP contribution in [0, 0.1) is 5.41 Å². The minimum absolute atomic E-state index is 0.230. The predicted molar refractivity (Wildman–Crippen MR) is 51.6 cm³/mol. The molecule has 0 aliphatic carbocycles. The van der Waals surface area contributed by atoms with Crippen molar-refractivity contribution in [3.8, 4) is 0 Å². The second-order valence-electron chi connectivity index (χ2n) is 4.84. The molecule has 0 radical (unpaired) electrons. The Balaban J connectivity index is 2.74. The Kier molecular flexibility index (Phi) is 2.56. The molecule has 1 N–H and O–H groups in total. The van der Waals surface area contributed by atoms with Gasteiger partial charge in [0, 0.05) is 6.54 Å². The molecule has 80 valence electrons. The van der Waals surface area contributed by atoms with E-state index in [-0.39, 0.29) is 5.91 Å². The molecule has 14 heavy (non-hydrogen) atoms. The number of nitrogens with one attached hydrogen (secondary N) is 1. The van der Waals surface area contributed by atoms with E-state index in [2.05, 4.69) is 5.32 Å². The summed E-state index contributed by atoms with van der Waals surface area (Å²) < 4.78 is 5.20. The summed E-state index contributed by atoms with van der Waals surface area (Å²) in [5.41, 5.74) is -1.53. The molecular weight excluding hydrogens is 182 g/mol. The summed E-state index contributed by atoms with van der Waals surface area (Å²) in [6.45, 7) is 7.56. The smallest absolute Gasteiger partial charge is 0.321 e. The van der Waals surface area contributed by atoms with E-state index >= 15 is 0 Å². The molecule has 4 heteroatoms. The summed E-state index contributed by atoms with van der Waals surface area (Å²) in [7, 11) is 0.